The zero-order chi connectivity index (χ0) is 17.4. The first kappa shape index (κ1) is 14.0. The Bertz CT molecular complexity index is 1360. The maximum atomic E-state index is 4.65. The first-order valence-electron chi connectivity index (χ1n) is 8.91. The molecule has 0 fully saturated rings. The molecule has 1 aliphatic heterocycles. The Morgan fingerprint density at radius 2 is 1.85 bits per heavy atom. The summed E-state index contributed by atoms with van der Waals surface area (Å²) >= 11 is 0. The van der Waals surface area contributed by atoms with Crippen molar-refractivity contribution in [2.24, 2.45) is 7.05 Å². The third kappa shape index (κ3) is 1.57. The van der Waals surface area contributed by atoms with Crippen LogP contribution >= 0.6 is 0 Å². The van der Waals surface area contributed by atoms with E-state index in [-0.39, 0.29) is 6.04 Å². The molecule has 4 heteroatoms. The first-order valence-corrected chi connectivity index (χ1v) is 8.91. The second-order valence-electron chi connectivity index (χ2n) is 7.07. The van der Waals surface area contributed by atoms with E-state index < -0.39 is 0 Å². The fourth-order valence-electron chi connectivity index (χ4n) is 4.50. The van der Waals surface area contributed by atoms with Crippen LogP contribution in [0.2, 0.25) is 0 Å². The van der Waals surface area contributed by atoms with Gasteiger partial charge in [0.25, 0.3) is 0 Å². The van der Waals surface area contributed by atoms with Crippen LogP contribution in [-0.4, -0.2) is 14.5 Å². The molecule has 4 heterocycles. The fourth-order valence-corrected chi connectivity index (χ4v) is 4.50. The lowest BCUT2D eigenvalue weighted by atomic mass is 10.0. The Morgan fingerprint density at radius 3 is 2.77 bits per heavy atom. The van der Waals surface area contributed by atoms with Gasteiger partial charge in [-0.25, -0.2) is 9.55 Å². The van der Waals surface area contributed by atoms with Gasteiger partial charge >= 0.3 is 5.65 Å². The van der Waals surface area contributed by atoms with Crippen molar-refractivity contribution in [1.29, 1.82) is 0 Å². The lowest BCUT2D eigenvalue weighted by Gasteiger charge is -2.06. The molecule has 0 N–H and O–H groups in total. The van der Waals surface area contributed by atoms with Gasteiger partial charge in [-0.05, 0) is 42.2 Å². The molecule has 3 aromatic heterocycles. The van der Waals surface area contributed by atoms with E-state index in [0.717, 1.165) is 16.9 Å². The molecule has 0 spiro atoms. The molecular weight excluding hydrogens is 320 g/mol. The molecule has 5 aromatic rings. The number of aryl methyl sites for hydroxylation is 1. The van der Waals surface area contributed by atoms with Crippen molar-refractivity contribution in [2.45, 2.75) is 13.0 Å². The quantitative estimate of drug-likeness (QED) is 0.398. The molecule has 124 valence electrons. The molecule has 1 atom stereocenters. The van der Waals surface area contributed by atoms with Crippen LogP contribution in [0.3, 0.4) is 0 Å². The summed E-state index contributed by atoms with van der Waals surface area (Å²) in [5.41, 5.74) is 8.17. The molecule has 0 aliphatic carbocycles. The van der Waals surface area contributed by atoms with Crippen molar-refractivity contribution < 1.29 is 4.57 Å². The predicted molar refractivity (Wildman–Crippen MR) is 103 cm³/mol. The van der Waals surface area contributed by atoms with E-state index >= 15 is 0 Å². The smallest absolute Gasteiger partial charge is 0.344 e. The highest BCUT2D eigenvalue weighted by Crippen LogP contribution is 2.39. The summed E-state index contributed by atoms with van der Waals surface area (Å²) < 4.78 is 4.61. The zero-order valence-electron chi connectivity index (χ0n) is 14.6. The number of hydrogen-bond donors (Lipinski definition) is 0. The zero-order valence-corrected chi connectivity index (χ0v) is 14.6. The van der Waals surface area contributed by atoms with Crippen LogP contribution in [-0.2, 0) is 7.05 Å². The van der Waals surface area contributed by atoms with E-state index in [9.17, 15) is 0 Å². The van der Waals surface area contributed by atoms with Gasteiger partial charge in [-0.2, -0.15) is 0 Å². The van der Waals surface area contributed by atoms with Gasteiger partial charge in [0.05, 0.1) is 6.20 Å². The minimum atomic E-state index is 0.239. The van der Waals surface area contributed by atoms with Gasteiger partial charge in [-0.3, -0.25) is 0 Å². The monoisotopic (exact) mass is 337 g/mol. The summed E-state index contributed by atoms with van der Waals surface area (Å²) in [6.45, 7) is 2.25. The van der Waals surface area contributed by atoms with Crippen LogP contribution in [0.4, 0.5) is 0 Å². The highest BCUT2D eigenvalue weighted by atomic mass is 15.1. The highest BCUT2D eigenvalue weighted by molar-refractivity contribution is 6.09. The molecule has 4 nitrogen and oxygen atoms in total. The topological polar surface area (TPSA) is 34.6 Å². The van der Waals surface area contributed by atoms with Crippen molar-refractivity contribution in [3.8, 4) is 11.3 Å². The van der Waals surface area contributed by atoms with E-state index in [1.807, 2.05) is 24.5 Å². The normalized spacial score (nSPS) is 15.7. The molecule has 0 saturated carbocycles. The summed E-state index contributed by atoms with van der Waals surface area (Å²) in [5.74, 6) is 0. The van der Waals surface area contributed by atoms with Crippen LogP contribution in [0, 0.1) is 0 Å². The number of aromatic nitrogens is 4. The lowest BCUT2D eigenvalue weighted by molar-refractivity contribution is -0.671. The van der Waals surface area contributed by atoms with Gasteiger partial charge in [0.1, 0.15) is 12.2 Å². The predicted octanol–water partition coefficient (Wildman–Crippen LogP) is 4.15. The van der Waals surface area contributed by atoms with Crippen LogP contribution in [0.15, 0.2) is 60.9 Å². The Hall–Kier alpha value is -3.27. The van der Waals surface area contributed by atoms with E-state index in [0.29, 0.717) is 0 Å². The van der Waals surface area contributed by atoms with E-state index in [2.05, 4.69) is 69.5 Å². The molecule has 0 saturated heterocycles. The molecule has 26 heavy (non-hydrogen) atoms. The van der Waals surface area contributed by atoms with Crippen LogP contribution < -0.4 is 4.57 Å². The first-order chi connectivity index (χ1) is 12.7. The molecule has 2 aromatic carbocycles. The number of hydrogen-bond acceptors (Lipinski definition) is 2. The van der Waals surface area contributed by atoms with Crippen LogP contribution in [0.25, 0.3) is 44.2 Å². The number of nitrogens with zero attached hydrogens (tertiary/aromatic N) is 4. The molecule has 0 amide bonds. The number of rotatable bonds is 0. The molecule has 6 rings (SSSR count). The highest BCUT2D eigenvalue weighted by Gasteiger charge is 2.33. The van der Waals surface area contributed by atoms with Crippen molar-refractivity contribution in [3.63, 3.8) is 0 Å². The summed E-state index contributed by atoms with van der Waals surface area (Å²) in [7, 11) is 2.15. The van der Waals surface area contributed by atoms with Crippen molar-refractivity contribution in [1.82, 2.24) is 14.5 Å². The van der Waals surface area contributed by atoms with Crippen LogP contribution in [0.1, 0.15) is 18.5 Å². The summed E-state index contributed by atoms with van der Waals surface area (Å²) in [5, 5.41) is 2.59. The Labute approximate surface area is 150 Å². The largest absolute Gasteiger partial charge is 0.349 e. The third-order valence-electron chi connectivity index (χ3n) is 5.78. The molecule has 1 unspecified atom stereocenters. The van der Waals surface area contributed by atoms with Gasteiger partial charge in [-0.15, -0.1) is 0 Å². The lowest BCUT2D eigenvalue weighted by Crippen LogP contribution is -2.38. The van der Waals surface area contributed by atoms with Gasteiger partial charge in [-0.1, -0.05) is 18.2 Å². The number of pyridine rings is 1. The summed E-state index contributed by atoms with van der Waals surface area (Å²) in [4.78, 5) is 9.25. The minimum Gasteiger partial charge on any atom is -0.344 e. The van der Waals surface area contributed by atoms with E-state index in [1.54, 1.807) is 0 Å². The summed E-state index contributed by atoms with van der Waals surface area (Å²) in [6, 6.07) is 17.5. The average molecular weight is 337 g/mol. The third-order valence-corrected chi connectivity index (χ3v) is 5.78. The minimum absolute atomic E-state index is 0.239. The maximum Gasteiger partial charge on any atom is 0.349 e. The second kappa shape index (κ2) is 4.67. The second-order valence-corrected chi connectivity index (χ2v) is 7.07. The van der Waals surface area contributed by atoms with Gasteiger partial charge in [0.2, 0.25) is 0 Å². The standard InChI is InChI=1S/C22H17N4/c1-13-15-11-20-16(14-6-3-4-8-19(14)25(20)2)10-17(15)21-12-24-18-7-5-9-23-22(18)26(13)21/h3-13H,1-2H3/q+1. The Balaban J connectivity index is 1.76. The van der Waals surface area contributed by atoms with Gasteiger partial charge in [0, 0.05) is 40.0 Å². The summed E-state index contributed by atoms with van der Waals surface area (Å²) in [6.07, 6.45) is 3.83. The molecule has 0 bridgehead atoms. The van der Waals surface area contributed by atoms with Crippen molar-refractivity contribution in [2.75, 3.05) is 0 Å². The maximum absolute atomic E-state index is 4.65. The molecule has 0 radical (unpaired) electrons. The van der Waals surface area contributed by atoms with Gasteiger partial charge < -0.3 is 4.57 Å². The van der Waals surface area contributed by atoms with Gasteiger partial charge in [0.15, 0.2) is 11.2 Å². The van der Waals surface area contributed by atoms with E-state index in [4.69, 9.17) is 0 Å². The Morgan fingerprint density at radius 1 is 0.962 bits per heavy atom. The number of fused-ring (bicyclic) bond motifs is 8. The SMILES string of the molecule is CC1c2cc3c(cc2-c2cnc4cccnc4[n+]21)c1ccccc1n3C. The van der Waals surface area contributed by atoms with E-state index in [1.165, 1.54) is 32.9 Å². The van der Waals surface area contributed by atoms with Crippen molar-refractivity contribution >= 4 is 33.0 Å². The number of para-hydroxylation sites is 1. The Kier molecular flexibility index (Phi) is 2.51. The average Bonchev–Trinajstić information content (AvgIpc) is 3.13. The molecule has 1 aliphatic rings. The van der Waals surface area contributed by atoms with Crippen molar-refractivity contribution in [3.05, 3.63) is 66.5 Å². The fraction of sp³-hybridized carbons (Fsp3) is 0.136. The molecular formula is C22H17N4+. The number of benzene rings is 2. The van der Waals surface area contributed by atoms with Crippen LogP contribution in [0.5, 0.6) is 0 Å².